The molecule has 0 unspecified atom stereocenters. The fourth-order valence-corrected chi connectivity index (χ4v) is 4.18. The second-order valence-electron chi connectivity index (χ2n) is 7.44. The van der Waals surface area contributed by atoms with E-state index in [1.165, 1.54) is 5.56 Å². The number of aromatic amines is 1. The first-order valence-corrected chi connectivity index (χ1v) is 10.5. The Kier molecular flexibility index (Phi) is 5.89. The van der Waals surface area contributed by atoms with Crippen LogP contribution in [0.2, 0.25) is 0 Å². The third-order valence-electron chi connectivity index (χ3n) is 5.42. The fraction of sp³-hybridized carbons (Fsp3) is 0.381. The summed E-state index contributed by atoms with van der Waals surface area (Å²) in [6, 6.07) is 3.96. The molecule has 3 aromatic rings. The molecule has 4 heterocycles. The third-order valence-corrected chi connectivity index (χ3v) is 5.84. The lowest BCUT2D eigenvalue weighted by Gasteiger charge is -2.15. The minimum atomic E-state index is -0.352. The molecule has 1 saturated heterocycles. The maximum absolute atomic E-state index is 12.7. The van der Waals surface area contributed by atoms with Gasteiger partial charge in [0.25, 0.3) is 5.91 Å². The smallest absolute Gasteiger partial charge is 0.254 e. The fourth-order valence-electron chi connectivity index (χ4n) is 3.79. The summed E-state index contributed by atoms with van der Waals surface area (Å²) in [6.45, 7) is 4.07. The number of nitrogens with one attached hydrogen (secondary N) is 2. The number of fused-ring (bicyclic) bond motifs is 1. The van der Waals surface area contributed by atoms with Crippen molar-refractivity contribution in [1.29, 1.82) is 0 Å². The third kappa shape index (κ3) is 4.11. The van der Waals surface area contributed by atoms with Gasteiger partial charge >= 0.3 is 0 Å². The molecule has 0 spiro atoms. The first-order valence-electron chi connectivity index (χ1n) is 10.1. The average Bonchev–Trinajstić information content (AvgIpc) is 3.40. The van der Waals surface area contributed by atoms with Crippen molar-refractivity contribution < 1.29 is 9.59 Å². The predicted molar refractivity (Wildman–Crippen MR) is 116 cm³/mol. The van der Waals surface area contributed by atoms with Crippen molar-refractivity contribution in [3.05, 3.63) is 52.1 Å². The number of carbonyl (C=O) groups is 2. The normalized spacial score (nSPS) is 13.7. The number of aryl methyl sites for hydroxylation is 3. The van der Waals surface area contributed by atoms with E-state index in [-0.39, 0.29) is 18.4 Å². The van der Waals surface area contributed by atoms with Crippen LogP contribution < -0.4 is 5.32 Å². The summed E-state index contributed by atoms with van der Waals surface area (Å²) < 4.78 is 2.32. The molecule has 0 bridgehead atoms. The van der Waals surface area contributed by atoms with E-state index in [0.717, 1.165) is 49.1 Å². The van der Waals surface area contributed by atoms with Crippen LogP contribution in [-0.2, 0) is 17.8 Å². The van der Waals surface area contributed by atoms with E-state index in [4.69, 9.17) is 12.2 Å². The van der Waals surface area contributed by atoms with Crippen LogP contribution >= 0.6 is 12.2 Å². The minimum absolute atomic E-state index is 0.0180. The largest absolute Gasteiger partial charge is 0.345 e. The van der Waals surface area contributed by atoms with E-state index in [2.05, 4.69) is 20.4 Å². The van der Waals surface area contributed by atoms with Crippen molar-refractivity contribution in [2.24, 2.45) is 0 Å². The number of likely N-dealkylation sites (tertiary alicyclic amines) is 1. The Bertz CT molecular complexity index is 1130. The summed E-state index contributed by atoms with van der Waals surface area (Å²) in [5.41, 5.74) is 3.08. The van der Waals surface area contributed by atoms with Crippen molar-refractivity contribution in [3.63, 3.8) is 0 Å². The van der Waals surface area contributed by atoms with Gasteiger partial charge in [0, 0.05) is 38.2 Å². The highest BCUT2D eigenvalue weighted by Crippen LogP contribution is 2.21. The molecule has 0 atom stereocenters. The molecule has 8 nitrogen and oxygen atoms in total. The molecule has 4 rings (SSSR count). The first-order chi connectivity index (χ1) is 14.5. The van der Waals surface area contributed by atoms with E-state index in [0.29, 0.717) is 16.6 Å². The number of aromatic nitrogens is 4. The number of pyridine rings is 2. The average molecular weight is 425 g/mol. The van der Waals surface area contributed by atoms with Crippen LogP contribution in [0.15, 0.2) is 30.7 Å². The van der Waals surface area contributed by atoms with Crippen molar-refractivity contribution in [1.82, 2.24) is 30.0 Å². The number of rotatable bonds is 6. The van der Waals surface area contributed by atoms with Gasteiger partial charge in [-0.25, -0.2) is 4.68 Å². The highest BCUT2D eigenvalue weighted by atomic mass is 32.1. The van der Waals surface area contributed by atoms with Gasteiger partial charge in [0.1, 0.15) is 5.65 Å². The van der Waals surface area contributed by atoms with E-state index in [1.54, 1.807) is 23.5 Å². The number of nitrogens with zero attached hydrogens (tertiary/aromatic N) is 4. The summed E-state index contributed by atoms with van der Waals surface area (Å²) in [5.74, 6) is -0.411. The Hall–Kier alpha value is -3.07. The number of hydrogen-bond acceptors (Lipinski definition) is 5. The molecule has 2 N–H and O–H groups in total. The van der Waals surface area contributed by atoms with E-state index in [9.17, 15) is 9.59 Å². The first kappa shape index (κ1) is 20.2. The number of amides is 2. The van der Waals surface area contributed by atoms with Gasteiger partial charge in [0.2, 0.25) is 5.91 Å². The number of hydrogen-bond donors (Lipinski definition) is 2. The molecule has 1 aliphatic heterocycles. The number of H-pyrrole nitrogens is 1. The molecular weight excluding hydrogens is 400 g/mol. The zero-order chi connectivity index (χ0) is 21.1. The molecule has 3 aromatic heterocycles. The maximum Gasteiger partial charge on any atom is 0.254 e. The monoisotopic (exact) mass is 424 g/mol. The minimum Gasteiger partial charge on any atom is -0.345 e. The van der Waals surface area contributed by atoms with E-state index < -0.39 is 0 Å². The Labute approximate surface area is 179 Å². The molecule has 1 aliphatic rings. The van der Waals surface area contributed by atoms with Crippen LogP contribution in [0.3, 0.4) is 0 Å². The lowest BCUT2D eigenvalue weighted by Crippen LogP contribution is -2.38. The standard InChI is InChI=1S/C21H24N6O2S/c1-14-18-19(30)16(21(29)24-13-17(28)26-9-2-3-10-26)12-23-20(18)27(25-14)11-6-15-4-7-22-8-5-15/h4-5,7-8,12H,2-3,6,9-11,13H2,1H3,(H,23,30)(H,24,29). The van der Waals surface area contributed by atoms with Gasteiger partial charge in [-0.3, -0.25) is 14.6 Å². The zero-order valence-electron chi connectivity index (χ0n) is 16.9. The summed E-state index contributed by atoms with van der Waals surface area (Å²) in [5, 5.41) is 8.07. The lowest BCUT2D eigenvalue weighted by molar-refractivity contribution is -0.129. The topological polar surface area (TPSA) is 95.9 Å². The number of carbonyl (C=O) groups excluding carboxylic acids is 2. The predicted octanol–water partition coefficient (Wildman–Crippen LogP) is 2.39. The van der Waals surface area contributed by atoms with Crippen molar-refractivity contribution >= 4 is 35.1 Å². The Morgan fingerprint density at radius 3 is 2.70 bits per heavy atom. The molecule has 0 aliphatic carbocycles. The summed E-state index contributed by atoms with van der Waals surface area (Å²) in [4.78, 5) is 33.8. The Balaban J connectivity index is 1.50. The molecule has 1 fully saturated rings. The SMILES string of the molecule is Cc1nn(CCc2ccncc2)c2[nH]cc(C(=O)NCC(=O)N3CCCC3)c(=S)c12. The van der Waals surface area contributed by atoms with Gasteiger partial charge in [-0.2, -0.15) is 5.10 Å². The van der Waals surface area contributed by atoms with E-state index >= 15 is 0 Å². The van der Waals surface area contributed by atoms with Crippen LogP contribution in [0.5, 0.6) is 0 Å². The van der Waals surface area contributed by atoms with Crippen LogP contribution in [0.25, 0.3) is 11.0 Å². The van der Waals surface area contributed by atoms with Crippen molar-refractivity contribution in [3.8, 4) is 0 Å². The molecule has 2 amide bonds. The molecule has 0 saturated carbocycles. The van der Waals surface area contributed by atoms with Crippen LogP contribution in [-0.4, -0.2) is 56.1 Å². The van der Waals surface area contributed by atoms with Gasteiger partial charge in [-0.15, -0.1) is 0 Å². The van der Waals surface area contributed by atoms with Crippen LogP contribution in [0.1, 0.15) is 34.5 Å². The molecule has 9 heteroatoms. The summed E-state index contributed by atoms with van der Waals surface area (Å²) >= 11 is 5.60. The van der Waals surface area contributed by atoms with E-state index in [1.807, 2.05) is 23.7 Å². The van der Waals surface area contributed by atoms with Crippen molar-refractivity contribution in [2.75, 3.05) is 19.6 Å². The van der Waals surface area contributed by atoms with Crippen LogP contribution in [0.4, 0.5) is 0 Å². The molecule has 156 valence electrons. The van der Waals surface area contributed by atoms with Gasteiger partial charge in [-0.1, -0.05) is 12.2 Å². The maximum atomic E-state index is 12.7. The quantitative estimate of drug-likeness (QED) is 0.593. The highest BCUT2D eigenvalue weighted by Gasteiger charge is 2.20. The van der Waals surface area contributed by atoms with Gasteiger partial charge in [0.05, 0.1) is 27.7 Å². The second-order valence-corrected chi connectivity index (χ2v) is 7.85. The Morgan fingerprint density at radius 1 is 1.23 bits per heavy atom. The second kappa shape index (κ2) is 8.74. The molecule has 30 heavy (non-hydrogen) atoms. The molecule has 0 radical (unpaired) electrons. The van der Waals surface area contributed by atoms with Crippen molar-refractivity contribution in [2.45, 2.75) is 32.7 Å². The summed E-state index contributed by atoms with van der Waals surface area (Å²) in [6.07, 6.45) is 7.99. The van der Waals surface area contributed by atoms with Crippen LogP contribution in [0, 0.1) is 11.4 Å². The van der Waals surface area contributed by atoms with Gasteiger partial charge < -0.3 is 15.2 Å². The Morgan fingerprint density at radius 2 is 1.97 bits per heavy atom. The zero-order valence-corrected chi connectivity index (χ0v) is 17.7. The lowest BCUT2D eigenvalue weighted by atomic mass is 10.2. The summed E-state index contributed by atoms with van der Waals surface area (Å²) in [7, 11) is 0. The van der Waals surface area contributed by atoms with Gasteiger partial charge in [0.15, 0.2) is 0 Å². The molecular formula is C21H24N6O2S. The highest BCUT2D eigenvalue weighted by molar-refractivity contribution is 7.71. The van der Waals surface area contributed by atoms with Gasteiger partial charge in [-0.05, 0) is 43.9 Å². The molecule has 0 aromatic carbocycles.